The van der Waals surface area contributed by atoms with Gasteiger partial charge in [0.25, 0.3) is 11.8 Å². The third-order valence-corrected chi connectivity index (χ3v) is 6.56. The molecule has 3 amide bonds. The summed E-state index contributed by atoms with van der Waals surface area (Å²) in [6.07, 6.45) is 8.11. The largest absolute Gasteiger partial charge is 0.480 e. The Morgan fingerprint density at radius 1 is 1.00 bits per heavy atom. The number of aliphatic carboxylic acids is 1. The zero-order chi connectivity index (χ0) is 28.9. The maximum absolute atomic E-state index is 13.5. The first-order valence-corrected chi connectivity index (χ1v) is 13.3. The Balaban J connectivity index is 1.75. The van der Waals surface area contributed by atoms with Crippen LogP contribution in [0.15, 0.2) is 42.7 Å². The monoisotopic (exact) mass is 553 g/mol. The van der Waals surface area contributed by atoms with Crippen LogP contribution in [0.2, 0.25) is 0 Å². The van der Waals surface area contributed by atoms with Crippen LogP contribution < -0.4 is 16.0 Å². The molecule has 1 unspecified atom stereocenters. The second-order valence-electron chi connectivity index (χ2n) is 9.81. The topological polar surface area (TPSA) is 177 Å². The van der Waals surface area contributed by atoms with Crippen LogP contribution in [0.3, 0.4) is 0 Å². The van der Waals surface area contributed by atoms with Crippen LogP contribution in [-0.2, 0) is 30.5 Å². The van der Waals surface area contributed by atoms with Crippen molar-refractivity contribution < 1.29 is 33.8 Å². The molecule has 4 N–H and O–H groups in total. The first-order chi connectivity index (χ1) is 19.2. The van der Waals surface area contributed by atoms with Gasteiger partial charge < -0.3 is 25.8 Å². The first-order valence-electron chi connectivity index (χ1n) is 13.3. The van der Waals surface area contributed by atoms with Gasteiger partial charge >= 0.3 is 5.97 Å². The summed E-state index contributed by atoms with van der Waals surface area (Å²) < 4.78 is 5.64. The number of nitrogens with one attached hydrogen (secondary N) is 3. The number of carboxylic acids is 1. The fourth-order valence-electron chi connectivity index (χ4n) is 4.52. The number of benzene rings is 1. The maximum Gasteiger partial charge on any atom is 0.322 e. The number of aromatic nitrogens is 2. The number of carbonyl (C=O) groups is 5. The third kappa shape index (κ3) is 9.84. The molecule has 0 aliphatic heterocycles. The highest BCUT2D eigenvalue weighted by molar-refractivity contribution is 6.38. The second kappa shape index (κ2) is 15.4. The van der Waals surface area contributed by atoms with Crippen molar-refractivity contribution >= 4 is 29.5 Å². The minimum atomic E-state index is -1.41. The summed E-state index contributed by atoms with van der Waals surface area (Å²) in [4.78, 5) is 70.7. The molecule has 214 valence electrons. The number of amides is 3. The highest BCUT2D eigenvalue weighted by Crippen LogP contribution is 2.27. The van der Waals surface area contributed by atoms with Gasteiger partial charge in [-0.05, 0) is 24.8 Å². The van der Waals surface area contributed by atoms with Crippen molar-refractivity contribution in [3.8, 4) is 0 Å². The summed E-state index contributed by atoms with van der Waals surface area (Å²) in [5, 5.41) is 16.1. The quantitative estimate of drug-likeness (QED) is 0.251. The summed E-state index contributed by atoms with van der Waals surface area (Å²) in [5.41, 5.74) is 1.40. The van der Waals surface area contributed by atoms with Gasteiger partial charge in [0.2, 0.25) is 11.7 Å². The Bertz CT molecular complexity index is 1180. The highest BCUT2D eigenvalue weighted by atomic mass is 16.5. The molecule has 12 nitrogen and oxygen atoms in total. The Kier molecular flexibility index (Phi) is 11.7. The van der Waals surface area contributed by atoms with E-state index >= 15 is 0 Å². The molecule has 12 heteroatoms. The van der Waals surface area contributed by atoms with Gasteiger partial charge in [0.15, 0.2) is 0 Å². The molecular formula is C28H35N5O7. The molecule has 2 atom stereocenters. The minimum Gasteiger partial charge on any atom is -0.480 e. The van der Waals surface area contributed by atoms with Gasteiger partial charge in [-0.25, -0.2) is 4.98 Å². The molecule has 1 aromatic heterocycles. The predicted octanol–water partition coefficient (Wildman–Crippen LogP) is 1.33. The molecule has 1 aliphatic rings. The molecule has 0 radical (unpaired) electrons. The smallest absolute Gasteiger partial charge is 0.322 e. The summed E-state index contributed by atoms with van der Waals surface area (Å²) in [6, 6.07) is 6.70. The lowest BCUT2D eigenvalue weighted by Crippen LogP contribution is -2.56. The van der Waals surface area contributed by atoms with E-state index in [4.69, 9.17) is 9.84 Å². The molecule has 1 heterocycles. The van der Waals surface area contributed by atoms with E-state index in [0.29, 0.717) is 12.1 Å². The van der Waals surface area contributed by atoms with Gasteiger partial charge in [-0.1, -0.05) is 62.4 Å². The van der Waals surface area contributed by atoms with Crippen LogP contribution in [-0.4, -0.2) is 69.8 Å². The molecule has 0 bridgehead atoms. The van der Waals surface area contributed by atoms with Crippen molar-refractivity contribution in [2.24, 2.45) is 5.92 Å². The maximum atomic E-state index is 13.5. The molecule has 40 heavy (non-hydrogen) atoms. The van der Waals surface area contributed by atoms with Gasteiger partial charge in [-0.3, -0.25) is 29.0 Å². The van der Waals surface area contributed by atoms with Gasteiger partial charge in [0.1, 0.15) is 24.3 Å². The number of Topliss-reactive ketones (excluding diaryl/α,β-unsaturated/α-hetero) is 1. The molecule has 1 aromatic carbocycles. The lowest BCUT2D eigenvalue weighted by Gasteiger charge is -2.28. The SMILES string of the molecule is Cc1cncc(C(=O)N[C@H](CC2CCCCC2)C(=O)NC(COCc2ccccc2)C(=O)C(=O)NCC(=O)O)n1. The van der Waals surface area contributed by atoms with E-state index in [2.05, 4.69) is 20.6 Å². The molecule has 0 saturated heterocycles. The number of rotatable bonds is 14. The van der Waals surface area contributed by atoms with E-state index in [0.717, 1.165) is 37.7 Å². The van der Waals surface area contributed by atoms with E-state index in [-0.39, 0.29) is 24.8 Å². The predicted molar refractivity (Wildman–Crippen MR) is 143 cm³/mol. The number of aryl methyl sites for hydroxylation is 1. The van der Waals surface area contributed by atoms with Crippen molar-refractivity contribution in [1.29, 1.82) is 0 Å². The number of carboxylic acid groups (broad SMARTS) is 1. The summed E-state index contributed by atoms with van der Waals surface area (Å²) >= 11 is 0. The fourth-order valence-corrected chi connectivity index (χ4v) is 4.52. The average Bonchev–Trinajstić information content (AvgIpc) is 2.95. The number of ketones is 1. The van der Waals surface area contributed by atoms with Crippen LogP contribution in [0.5, 0.6) is 0 Å². The number of nitrogens with zero attached hydrogens (tertiary/aromatic N) is 2. The summed E-state index contributed by atoms with van der Waals surface area (Å²) in [7, 11) is 0. The minimum absolute atomic E-state index is 0.0494. The number of ether oxygens (including phenoxy) is 1. The van der Waals surface area contributed by atoms with Crippen molar-refractivity contribution in [3.05, 3.63) is 59.7 Å². The Labute approximate surface area is 232 Å². The van der Waals surface area contributed by atoms with Crippen LogP contribution in [0.25, 0.3) is 0 Å². The van der Waals surface area contributed by atoms with Crippen molar-refractivity contribution in [3.63, 3.8) is 0 Å². The van der Waals surface area contributed by atoms with E-state index in [1.165, 1.54) is 12.4 Å². The Morgan fingerprint density at radius 3 is 2.40 bits per heavy atom. The van der Waals surface area contributed by atoms with Gasteiger partial charge in [0, 0.05) is 6.20 Å². The van der Waals surface area contributed by atoms with Crippen LogP contribution in [0.1, 0.15) is 60.3 Å². The number of carbonyl (C=O) groups excluding carboxylic acids is 4. The standard InChI is InChI=1S/C28H35N5O7/c1-18-13-29-14-22(31-18)27(38)32-21(12-19-8-4-2-5-9-19)26(37)33-23(25(36)28(39)30-15-24(34)35)17-40-16-20-10-6-3-7-11-20/h3,6-7,10-11,13-14,19,21,23H,2,4-5,8-9,12,15-17H2,1H3,(H,30,39)(H,32,38)(H,33,37)(H,34,35)/t21-,23?/m1/s1. The van der Waals surface area contributed by atoms with Gasteiger partial charge in [0.05, 0.1) is 25.1 Å². The normalized spacial score (nSPS) is 14.9. The van der Waals surface area contributed by atoms with Crippen LogP contribution in [0.4, 0.5) is 0 Å². The van der Waals surface area contributed by atoms with Crippen molar-refractivity contribution in [2.75, 3.05) is 13.2 Å². The second-order valence-corrected chi connectivity index (χ2v) is 9.81. The Hall–Kier alpha value is -4.19. The van der Waals surface area contributed by atoms with Gasteiger partial charge in [-0.2, -0.15) is 0 Å². The van der Waals surface area contributed by atoms with E-state index in [1.54, 1.807) is 6.92 Å². The number of hydrogen-bond donors (Lipinski definition) is 4. The number of hydrogen-bond acceptors (Lipinski definition) is 8. The molecule has 1 aliphatic carbocycles. The zero-order valence-corrected chi connectivity index (χ0v) is 22.4. The fraction of sp³-hybridized carbons (Fsp3) is 0.464. The van der Waals surface area contributed by atoms with Crippen LogP contribution >= 0.6 is 0 Å². The van der Waals surface area contributed by atoms with Crippen LogP contribution in [0, 0.1) is 12.8 Å². The molecule has 1 fully saturated rings. The summed E-state index contributed by atoms with van der Waals surface area (Å²) in [6.45, 7) is 0.712. The lowest BCUT2D eigenvalue weighted by molar-refractivity contribution is -0.143. The average molecular weight is 554 g/mol. The van der Waals surface area contributed by atoms with Crippen molar-refractivity contribution in [1.82, 2.24) is 25.9 Å². The molecule has 1 saturated carbocycles. The molecular weight excluding hydrogens is 518 g/mol. The lowest BCUT2D eigenvalue weighted by atomic mass is 9.84. The van der Waals surface area contributed by atoms with Gasteiger partial charge in [-0.15, -0.1) is 0 Å². The highest BCUT2D eigenvalue weighted by Gasteiger charge is 2.32. The molecule has 3 rings (SSSR count). The molecule has 0 spiro atoms. The Morgan fingerprint density at radius 2 is 1.73 bits per heavy atom. The zero-order valence-electron chi connectivity index (χ0n) is 22.4. The van der Waals surface area contributed by atoms with Crippen molar-refractivity contribution in [2.45, 2.75) is 64.1 Å². The summed E-state index contributed by atoms with van der Waals surface area (Å²) in [5.74, 6) is -4.61. The van der Waals surface area contributed by atoms with E-state index < -0.39 is 48.1 Å². The van der Waals surface area contributed by atoms with E-state index in [9.17, 15) is 24.0 Å². The third-order valence-electron chi connectivity index (χ3n) is 6.56. The van der Waals surface area contributed by atoms with E-state index in [1.807, 2.05) is 35.6 Å². The first kappa shape index (κ1) is 30.4. The molecule has 2 aromatic rings.